The molecular formula is C10H24N3O17P3. The molecule has 1 aromatic heterocycles. The van der Waals surface area contributed by atoms with E-state index in [0.717, 1.165) is 4.57 Å². The molecule has 33 heavy (non-hydrogen) atoms. The number of anilines is 1. The topological polar surface area (TPSA) is 364 Å². The van der Waals surface area contributed by atoms with Crippen LogP contribution in [0.15, 0.2) is 17.1 Å². The van der Waals surface area contributed by atoms with Gasteiger partial charge in [0.2, 0.25) is 0 Å². The predicted molar refractivity (Wildman–Crippen MR) is 103 cm³/mol. The second-order valence-electron chi connectivity index (χ2n) is 5.96. The van der Waals surface area contributed by atoms with E-state index < -0.39 is 59.8 Å². The van der Waals surface area contributed by atoms with Gasteiger partial charge < -0.3 is 69.8 Å². The normalized spacial score (nSPS) is 24.9. The van der Waals surface area contributed by atoms with Crippen molar-refractivity contribution in [3.63, 3.8) is 0 Å². The number of hydrogen-bond acceptors (Lipinski definition) is 10. The van der Waals surface area contributed by atoms with Crippen molar-refractivity contribution in [2.45, 2.75) is 31.0 Å². The van der Waals surface area contributed by atoms with E-state index in [1.54, 1.807) is 0 Å². The van der Waals surface area contributed by atoms with Crippen LogP contribution in [0.5, 0.6) is 0 Å². The molecule has 0 unspecified atom stereocenters. The van der Waals surface area contributed by atoms with Crippen molar-refractivity contribution in [3.8, 4) is 0 Å². The number of aliphatic hydroxyl groups excluding tert-OH is 2. The summed E-state index contributed by atoms with van der Waals surface area (Å²) in [6, 6.07) is 1.37. The van der Waals surface area contributed by atoms with Gasteiger partial charge in [-0.2, -0.15) is 4.98 Å². The summed E-state index contributed by atoms with van der Waals surface area (Å²) in [7, 11) is -13.9. The number of nitrogens with two attached hydrogens (primary N) is 1. The van der Waals surface area contributed by atoms with E-state index in [0.29, 0.717) is 0 Å². The number of rotatable bonds is 2. The summed E-state index contributed by atoms with van der Waals surface area (Å²) >= 11 is 0. The number of hydrogen-bond donors (Lipinski definition) is 13. The van der Waals surface area contributed by atoms with E-state index in [9.17, 15) is 15.0 Å². The minimum atomic E-state index is -4.64. The number of aromatic nitrogens is 2. The van der Waals surface area contributed by atoms with E-state index in [2.05, 4.69) is 4.98 Å². The van der Waals surface area contributed by atoms with Crippen molar-refractivity contribution in [1.29, 1.82) is 0 Å². The Morgan fingerprint density at radius 2 is 1.39 bits per heavy atom. The smallest absolute Gasteiger partial charge is 0.394 e. The van der Waals surface area contributed by atoms with E-state index in [1.165, 1.54) is 19.2 Å². The number of ether oxygens (including phenoxy) is 1. The summed E-state index contributed by atoms with van der Waals surface area (Å²) < 4.78 is 32.9. The van der Waals surface area contributed by atoms with E-state index in [4.69, 9.17) is 73.3 Å². The largest absolute Gasteiger partial charge is 0.466 e. The maximum atomic E-state index is 11.7. The summed E-state index contributed by atoms with van der Waals surface area (Å²) in [5.74, 6) is 0.0492. The van der Waals surface area contributed by atoms with Gasteiger partial charge in [-0.15, -0.1) is 0 Å². The Kier molecular flexibility index (Phi) is 13.5. The first kappa shape index (κ1) is 34.0. The van der Waals surface area contributed by atoms with E-state index in [-0.39, 0.29) is 5.82 Å². The van der Waals surface area contributed by atoms with Gasteiger partial charge in [0.15, 0.2) is 6.23 Å². The van der Waals surface area contributed by atoms with Gasteiger partial charge in [-0.25, -0.2) is 18.5 Å². The molecule has 0 radical (unpaired) electrons. The molecule has 20 nitrogen and oxygen atoms in total. The first-order valence-electron chi connectivity index (χ1n) is 7.74. The Morgan fingerprint density at radius 3 is 1.67 bits per heavy atom. The quantitative estimate of drug-likeness (QED) is 0.153. The van der Waals surface area contributed by atoms with Crippen LogP contribution in [0.1, 0.15) is 13.2 Å². The van der Waals surface area contributed by atoms with Crippen LogP contribution in [-0.4, -0.2) is 93.3 Å². The van der Waals surface area contributed by atoms with Crippen LogP contribution in [0.4, 0.5) is 5.82 Å². The molecule has 0 spiro atoms. The second-order valence-corrected chi connectivity index (χ2v) is 9.04. The van der Waals surface area contributed by atoms with Crippen molar-refractivity contribution in [3.05, 3.63) is 22.7 Å². The Balaban J connectivity index is 0. The van der Waals surface area contributed by atoms with Gasteiger partial charge in [0, 0.05) is 6.20 Å². The molecule has 1 fully saturated rings. The molecular weight excluding hydrogens is 527 g/mol. The molecule has 1 aromatic rings. The van der Waals surface area contributed by atoms with Gasteiger partial charge in [-0.3, -0.25) is 4.57 Å². The van der Waals surface area contributed by atoms with E-state index in [1.807, 2.05) is 0 Å². The molecule has 23 heteroatoms. The fourth-order valence-corrected chi connectivity index (χ4v) is 1.99. The van der Waals surface area contributed by atoms with Crippen molar-refractivity contribution < 1.29 is 77.8 Å². The lowest BCUT2D eigenvalue weighted by Gasteiger charge is -2.27. The molecule has 1 aliphatic rings. The summed E-state index contributed by atoms with van der Waals surface area (Å²) in [6.07, 6.45) is -2.09. The van der Waals surface area contributed by atoms with Gasteiger partial charge >= 0.3 is 29.2 Å². The highest BCUT2D eigenvalue weighted by atomic mass is 31.2. The molecule has 1 saturated heterocycles. The first-order chi connectivity index (χ1) is 14.4. The summed E-state index contributed by atoms with van der Waals surface area (Å²) in [6.45, 7) is 0.853. The fraction of sp³-hybridized carbons (Fsp3) is 0.600. The van der Waals surface area contributed by atoms with Crippen molar-refractivity contribution in [2.24, 2.45) is 0 Å². The molecule has 2 rings (SSSR count). The molecule has 1 aliphatic heterocycles. The predicted octanol–water partition coefficient (Wildman–Crippen LogP) is -4.96. The van der Waals surface area contributed by atoms with Crippen molar-refractivity contribution in [1.82, 2.24) is 9.55 Å². The lowest BCUT2D eigenvalue weighted by atomic mass is 9.96. The number of aliphatic hydroxyl groups is 3. The molecule has 0 aliphatic carbocycles. The zero-order chi connectivity index (χ0) is 27.0. The molecule has 14 N–H and O–H groups in total. The van der Waals surface area contributed by atoms with Gasteiger partial charge in [0.05, 0.1) is 6.61 Å². The first-order valence-corrected chi connectivity index (χ1v) is 12.4. The molecule has 0 bridgehead atoms. The zero-order valence-corrected chi connectivity index (χ0v) is 19.0. The standard InChI is InChI=1S/C10H15N3O5.3H3O4P/c1-10(17)7(15)5(4-14)18-8(10)13-3-2-6(11)12-9(13)16;3*1-5(2,3)4/h2-3,5,7-8,14-15,17H,4H2,1H3,(H2,11,12,16);3*(H3,1,2,3,4)/t5-,7-,8-,10-;;;/m1.../s1. The third kappa shape index (κ3) is 17.9. The van der Waals surface area contributed by atoms with Crippen LogP contribution in [-0.2, 0) is 18.4 Å². The molecule has 0 amide bonds. The molecule has 0 aromatic carbocycles. The lowest BCUT2D eigenvalue weighted by molar-refractivity contribution is -0.0986. The number of nitrogen functional groups attached to an aromatic ring is 1. The van der Waals surface area contributed by atoms with Crippen molar-refractivity contribution >= 4 is 29.3 Å². The minimum Gasteiger partial charge on any atom is -0.394 e. The molecule has 0 saturated carbocycles. The average molecular weight is 551 g/mol. The van der Waals surface area contributed by atoms with Crippen molar-refractivity contribution in [2.75, 3.05) is 12.3 Å². The minimum absolute atomic E-state index is 0.0492. The monoisotopic (exact) mass is 551 g/mol. The maximum absolute atomic E-state index is 11.7. The summed E-state index contributed by atoms with van der Waals surface area (Å²) in [4.78, 5) is 79.9. The Hall–Kier alpha value is -1.15. The van der Waals surface area contributed by atoms with Gasteiger partial charge in [-0.05, 0) is 13.0 Å². The summed E-state index contributed by atoms with van der Waals surface area (Å²) in [5.41, 5.74) is 2.94. The molecule has 4 atom stereocenters. The fourth-order valence-electron chi connectivity index (χ4n) is 1.99. The van der Waals surface area contributed by atoms with Gasteiger partial charge in [0.1, 0.15) is 23.6 Å². The zero-order valence-electron chi connectivity index (χ0n) is 16.3. The van der Waals surface area contributed by atoms with E-state index >= 15 is 0 Å². The number of nitrogens with zero attached hydrogens (tertiary/aromatic N) is 2. The average Bonchev–Trinajstić information content (AvgIpc) is 2.73. The van der Waals surface area contributed by atoms with Gasteiger partial charge in [-0.1, -0.05) is 0 Å². The lowest BCUT2D eigenvalue weighted by Crippen LogP contribution is -2.46. The summed E-state index contributed by atoms with van der Waals surface area (Å²) in [5, 5.41) is 29.0. The van der Waals surface area contributed by atoms with Crippen LogP contribution in [0.2, 0.25) is 0 Å². The van der Waals surface area contributed by atoms with Crippen LogP contribution >= 0.6 is 23.5 Å². The Labute approximate surface area is 183 Å². The SMILES string of the molecule is C[C@@]1(O)[C@H](O)[C@@H](CO)O[C@H]1n1ccc(N)nc1=O.O=P(O)(O)O.O=P(O)(O)O.O=P(O)(O)O. The highest BCUT2D eigenvalue weighted by Crippen LogP contribution is 2.37. The third-order valence-corrected chi connectivity index (χ3v) is 3.04. The van der Waals surface area contributed by atoms with Crippen LogP contribution in [0, 0.1) is 0 Å². The molecule has 2 heterocycles. The Bertz CT molecular complexity index is 862. The Morgan fingerprint density at radius 1 is 1.03 bits per heavy atom. The highest BCUT2D eigenvalue weighted by Gasteiger charge is 2.53. The van der Waals surface area contributed by atoms with Crippen LogP contribution < -0.4 is 11.4 Å². The third-order valence-electron chi connectivity index (χ3n) is 3.04. The second kappa shape index (κ2) is 13.1. The maximum Gasteiger partial charge on any atom is 0.466 e. The van der Waals surface area contributed by atoms with Crippen LogP contribution in [0.25, 0.3) is 0 Å². The number of phosphoric acid groups is 3. The van der Waals surface area contributed by atoms with Gasteiger partial charge in [0.25, 0.3) is 0 Å². The molecule has 196 valence electrons. The highest BCUT2D eigenvalue weighted by molar-refractivity contribution is 7.45. The van der Waals surface area contributed by atoms with Crippen LogP contribution in [0.3, 0.4) is 0 Å².